The standard InChI is InChI=1S/C19H33N5O3/c1-16-3-4-18(27-16)17(24-9-13-26-14-10-24)15-22-19(20)21-5-2-6-23-7-11-25-12-8-23/h3-4,17H,2,5-15H2,1H3,(H3,20,21,22). The summed E-state index contributed by atoms with van der Waals surface area (Å²) in [6, 6.07) is 4.13. The van der Waals surface area contributed by atoms with Crippen molar-refractivity contribution < 1.29 is 13.9 Å². The van der Waals surface area contributed by atoms with Gasteiger partial charge in [0.05, 0.1) is 39.0 Å². The van der Waals surface area contributed by atoms with Crippen LogP contribution in [-0.4, -0.2) is 88.0 Å². The number of hydrogen-bond acceptors (Lipinski definition) is 6. The van der Waals surface area contributed by atoms with Crippen LogP contribution in [0.4, 0.5) is 0 Å². The van der Waals surface area contributed by atoms with Gasteiger partial charge < -0.3 is 24.9 Å². The highest BCUT2D eigenvalue weighted by Crippen LogP contribution is 2.24. The lowest BCUT2D eigenvalue weighted by atomic mass is 10.2. The van der Waals surface area contributed by atoms with Gasteiger partial charge in [0.15, 0.2) is 5.96 Å². The molecule has 1 aromatic heterocycles. The van der Waals surface area contributed by atoms with Gasteiger partial charge in [-0.1, -0.05) is 0 Å². The van der Waals surface area contributed by atoms with E-state index in [0.29, 0.717) is 12.5 Å². The number of nitrogens with zero attached hydrogens (tertiary/aromatic N) is 3. The van der Waals surface area contributed by atoms with Crippen molar-refractivity contribution in [2.45, 2.75) is 19.4 Å². The third-order valence-corrected chi connectivity index (χ3v) is 5.07. The molecule has 2 saturated heterocycles. The third kappa shape index (κ3) is 6.49. The Labute approximate surface area is 161 Å². The number of ether oxygens (including phenoxy) is 2. The van der Waals surface area contributed by atoms with E-state index in [1.807, 2.05) is 19.1 Å². The monoisotopic (exact) mass is 379 g/mol. The van der Waals surface area contributed by atoms with Crippen LogP contribution in [0.2, 0.25) is 0 Å². The van der Waals surface area contributed by atoms with Crippen molar-refractivity contribution in [2.75, 3.05) is 72.2 Å². The summed E-state index contributed by atoms with van der Waals surface area (Å²) in [5.74, 6) is 2.36. The molecule has 3 heterocycles. The number of furan rings is 1. The summed E-state index contributed by atoms with van der Waals surface area (Å²) in [5.41, 5.74) is 6.09. The summed E-state index contributed by atoms with van der Waals surface area (Å²) in [7, 11) is 0. The average Bonchev–Trinajstić information content (AvgIpc) is 3.13. The quantitative estimate of drug-likeness (QED) is 0.388. The smallest absolute Gasteiger partial charge is 0.188 e. The lowest BCUT2D eigenvalue weighted by Gasteiger charge is -2.32. The molecule has 152 valence electrons. The summed E-state index contributed by atoms with van der Waals surface area (Å²) >= 11 is 0. The summed E-state index contributed by atoms with van der Waals surface area (Å²) < 4.78 is 16.7. The summed E-state index contributed by atoms with van der Waals surface area (Å²) in [5, 5.41) is 3.23. The molecule has 0 saturated carbocycles. The fraction of sp³-hybridized carbons (Fsp3) is 0.737. The molecule has 2 fully saturated rings. The molecule has 0 spiro atoms. The Kier molecular flexibility index (Phi) is 7.94. The van der Waals surface area contributed by atoms with E-state index in [0.717, 1.165) is 83.6 Å². The average molecular weight is 380 g/mol. The van der Waals surface area contributed by atoms with Crippen molar-refractivity contribution in [1.82, 2.24) is 15.1 Å². The van der Waals surface area contributed by atoms with Gasteiger partial charge in [-0.2, -0.15) is 0 Å². The van der Waals surface area contributed by atoms with E-state index in [1.54, 1.807) is 0 Å². The van der Waals surface area contributed by atoms with Gasteiger partial charge in [0.2, 0.25) is 0 Å². The van der Waals surface area contributed by atoms with Gasteiger partial charge in [-0.15, -0.1) is 0 Å². The van der Waals surface area contributed by atoms with E-state index < -0.39 is 0 Å². The molecule has 3 N–H and O–H groups in total. The van der Waals surface area contributed by atoms with Gasteiger partial charge in [-0.3, -0.25) is 14.8 Å². The van der Waals surface area contributed by atoms with E-state index in [4.69, 9.17) is 19.6 Å². The Bertz CT molecular complexity index is 580. The molecule has 8 heteroatoms. The predicted octanol–water partition coefficient (Wildman–Crippen LogP) is 0.588. The zero-order valence-electron chi connectivity index (χ0n) is 16.4. The SMILES string of the molecule is Cc1ccc(C(CN=C(N)NCCCN2CCOCC2)N2CCOCC2)o1. The second kappa shape index (κ2) is 10.7. The second-order valence-corrected chi connectivity index (χ2v) is 7.07. The highest BCUT2D eigenvalue weighted by molar-refractivity contribution is 5.77. The van der Waals surface area contributed by atoms with Crippen molar-refractivity contribution in [3.8, 4) is 0 Å². The van der Waals surface area contributed by atoms with Crippen LogP contribution in [0.1, 0.15) is 24.0 Å². The molecule has 2 aliphatic heterocycles. The number of rotatable bonds is 8. The van der Waals surface area contributed by atoms with E-state index in [-0.39, 0.29) is 6.04 Å². The minimum atomic E-state index is 0.0938. The van der Waals surface area contributed by atoms with Crippen LogP contribution < -0.4 is 11.1 Å². The maximum atomic E-state index is 6.09. The van der Waals surface area contributed by atoms with E-state index in [2.05, 4.69) is 20.1 Å². The molecular weight excluding hydrogens is 346 g/mol. The minimum Gasteiger partial charge on any atom is -0.465 e. The van der Waals surface area contributed by atoms with Crippen LogP contribution >= 0.6 is 0 Å². The molecule has 1 unspecified atom stereocenters. The Hall–Kier alpha value is -1.61. The number of hydrogen-bond donors (Lipinski definition) is 2. The topological polar surface area (TPSA) is 88.5 Å². The number of nitrogens with one attached hydrogen (secondary N) is 1. The Morgan fingerprint density at radius 2 is 1.85 bits per heavy atom. The Morgan fingerprint density at radius 3 is 2.52 bits per heavy atom. The van der Waals surface area contributed by atoms with E-state index in [1.165, 1.54) is 0 Å². The van der Waals surface area contributed by atoms with Gasteiger partial charge in [-0.25, -0.2) is 0 Å². The number of aryl methyl sites for hydroxylation is 1. The van der Waals surface area contributed by atoms with Gasteiger partial charge in [0.25, 0.3) is 0 Å². The second-order valence-electron chi connectivity index (χ2n) is 7.07. The van der Waals surface area contributed by atoms with Crippen molar-refractivity contribution in [3.05, 3.63) is 23.7 Å². The molecule has 1 aromatic rings. The lowest BCUT2D eigenvalue weighted by molar-refractivity contribution is 0.0135. The minimum absolute atomic E-state index is 0.0938. The number of guanidine groups is 1. The number of nitrogens with two attached hydrogens (primary N) is 1. The fourth-order valence-electron chi connectivity index (χ4n) is 3.49. The first-order valence-corrected chi connectivity index (χ1v) is 9.94. The van der Waals surface area contributed by atoms with Crippen LogP contribution in [0.5, 0.6) is 0 Å². The molecule has 0 bridgehead atoms. The Morgan fingerprint density at radius 1 is 1.15 bits per heavy atom. The molecule has 2 aliphatic rings. The fourth-order valence-corrected chi connectivity index (χ4v) is 3.49. The lowest BCUT2D eigenvalue weighted by Crippen LogP contribution is -2.41. The van der Waals surface area contributed by atoms with Crippen molar-refractivity contribution in [3.63, 3.8) is 0 Å². The van der Waals surface area contributed by atoms with Crippen molar-refractivity contribution in [1.29, 1.82) is 0 Å². The van der Waals surface area contributed by atoms with Gasteiger partial charge in [-0.05, 0) is 32.0 Å². The zero-order chi connectivity index (χ0) is 18.9. The maximum absolute atomic E-state index is 6.09. The highest BCUT2D eigenvalue weighted by atomic mass is 16.5. The maximum Gasteiger partial charge on any atom is 0.188 e. The first kappa shape index (κ1) is 20.1. The molecule has 8 nitrogen and oxygen atoms in total. The van der Waals surface area contributed by atoms with Gasteiger partial charge >= 0.3 is 0 Å². The van der Waals surface area contributed by atoms with Crippen LogP contribution in [0.25, 0.3) is 0 Å². The summed E-state index contributed by atoms with van der Waals surface area (Å²) in [4.78, 5) is 9.36. The molecule has 0 aromatic carbocycles. The molecular formula is C19H33N5O3. The van der Waals surface area contributed by atoms with Crippen LogP contribution in [0.15, 0.2) is 21.5 Å². The third-order valence-electron chi connectivity index (χ3n) is 5.07. The number of morpholine rings is 2. The van der Waals surface area contributed by atoms with Crippen LogP contribution in [0.3, 0.4) is 0 Å². The van der Waals surface area contributed by atoms with E-state index in [9.17, 15) is 0 Å². The zero-order valence-corrected chi connectivity index (χ0v) is 16.4. The molecule has 0 amide bonds. The largest absolute Gasteiger partial charge is 0.465 e. The van der Waals surface area contributed by atoms with Gasteiger partial charge in [0, 0.05) is 32.7 Å². The molecule has 27 heavy (non-hydrogen) atoms. The summed E-state index contributed by atoms with van der Waals surface area (Å²) in [6.45, 7) is 11.4. The Balaban J connectivity index is 1.45. The summed E-state index contributed by atoms with van der Waals surface area (Å²) in [6.07, 6.45) is 1.04. The number of aliphatic imine (C=N–C) groups is 1. The van der Waals surface area contributed by atoms with E-state index >= 15 is 0 Å². The normalized spacial score (nSPS) is 21.3. The molecule has 3 rings (SSSR count). The molecule has 0 aliphatic carbocycles. The highest BCUT2D eigenvalue weighted by Gasteiger charge is 2.25. The van der Waals surface area contributed by atoms with Crippen molar-refractivity contribution in [2.24, 2.45) is 10.7 Å². The van der Waals surface area contributed by atoms with Crippen LogP contribution in [0, 0.1) is 6.92 Å². The predicted molar refractivity (Wildman–Crippen MR) is 105 cm³/mol. The van der Waals surface area contributed by atoms with Crippen LogP contribution in [-0.2, 0) is 9.47 Å². The first-order chi connectivity index (χ1) is 13.2. The first-order valence-electron chi connectivity index (χ1n) is 9.94. The van der Waals surface area contributed by atoms with Gasteiger partial charge in [0.1, 0.15) is 11.5 Å². The molecule has 1 atom stereocenters. The molecule has 0 radical (unpaired) electrons. The van der Waals surface area contributed by atoms with Crippen molar-refractivity contribution >= 4 is 5.96 Å².